The summed E-state index contributed by atoms with van der Waals surface area (Å²) in [5, 5.41) is 2.81. The van der Waals surface area contributed by atoms with Gasteiger partial charge in [-0.25, -0.2) is 8.42 Å². The van der Waals surface area contributed by atoms with Gasteiger partial charge in [-0.2, -0.15) is 4.31 Å². The standard InChI is InChI=1S/C18H28N2O4S/c1-15(2)14-24-12-6-9-19-18(21)16-7-5-8-17(13-16)25(22,23)20-10-3-4-11-20/h5,7-8,13,15H,3-4,6,9-12,14H2,1-2H3,(H,19,21). The Labute approximate surface area is 150 Å². The Morgan fingerprint density at radius 1 is 1.28 bits per heavy atom. The number of hydrogen-bond acceptors (Lipinski definition) is 4. The Kier molecular flexibility index (Phi) is 7.40. The molecule has 1 aromatic rings. The largest absolute Gasteiger partial charge is 0.381 e. The highest BCUT2D eigenvalue weighted by Crippen LogP contribution is 2.21. The molecule has 7 heteroatoms. The summed E-state index contributed by atoms with van der Waals surface area (Å²) < 4.78 is 32.1. The first-order valence-corrected chi connectivity index (χ1v) is 10.3. The molecule has 1 heterocycles. The molecule has 1 fully saturated rings. The Bertz CT molecular complexity index is 667. The van der Waals surface area contributed by atoms with E-state index in [1.165, 1.54) is 10.4 Å². The van der Waals surface area contributed by atoms with Crippen LogP contribution in [0.4, 0.5) is 0 Å². The van der Waals surface area contributed by atoms with Crippen LogP contribution in [0.1, 0.15) is 43.5 Å². The Hall–Kier alpha value is -1.44. The van der Waals surface area contributed by atoms with E-state index in [0.29, 0.717) is 44.3 Å². The van der Waals surface area contributed by atoms with Gasteiger partial charge in [0.15, 0.2) is 0 Å². The van der Waals surface area contributed by atoms with Crippen LogP contribution in [0.5, 0.6) is 0 Å². The lowest BCUT2D eigenvalue weighted by Crippen LogP contribution is -2.29. The van der Waals surface area contributed by atoms with Gasteiger partial charge in [-0.1, -0.05) is 19.9 Å². The van der Waals surface area contributed by atoms with Gasteiger partial charge in [-0.3, -0.25) is 4.79 Å². The summed E-state index contributed by atoms with van der Waals surface area (Å²) in [5.74, 6) is 0.234. The molecule has 0 aromatic heterocycles. The second-order valence-corrected chi connectivity index (χ2v) is 8.66. The monoisotopic (exact) mass is 368 g/mol. The fourth-order valence-electron chi connectivity index (χ4n) is 2.67. The lowest BCUT2D eigenvalue weighted by atomic mass is 10.2. The molecule has 0 unspecified atom stereocenters. The number of hydrogen-bond donors (Lipinski definition) is 1. The van der Waals surface area contributed by atoms with E-state index in [1.54, 1.807) is 18.2 Å². The summed E-state index contributed by atoms with van der Waals surface area (Å²) in [6.07, 6.45) is 2.50. The van der Waals surface area contributed by atoms with Gasteiger partial charge in [-0.05, 0) is 43.4 Å². The third kappa shape index (κ3) is 5.80. The molecular formula is C18H28N2O4S. The molecular weight excluding hydrogens is 340 g/mol. The van der Waals surface area contributed by atoms with Gasteiger partial charge < -0.3 is 10.1 Å². The SMILES string of the molecule is CC(C)COCCCNC(=O)c1cccc(S(=O)(=O)N2CCCC2)c1. The van der Waals surface area contributed by atoms with E-state index in [-0.39, 0.29) is 10.8 Å². The summed E-state index contributed by atoms with van der Waals surface area (Å²) in [4.78, 5) is 12.4. The molecule has 1 aliphatic heterocycles. The zero-order valence-electron chi connectivity index (χ0n) is 15.0. The minimum absolute atomic E-state index is 0.183. The first-order chi connectivity index (χ1) is 11.9. The van der Waals surface area contributed by atoms with Crippen LogP contribution in [-0.4, -0.2) is 51.5 Å². The van der Waals surface area contributed by atoms with E-state index >= 15 is 0 Å². The van der Waals surface area contributed by atoms with Crippen molar-refractivity contribution in [1.29, 1.82) is 0 Å². The molecule has 2 rings (SSSR count). The van der Waals surface area contributed by atoms with Crippen LogP contribution in [0.3, 0.4) is 0 Å². The average Bonchev–Trinajstić information content (AvgIpc) is 3.13. The van der Waals surface area contributed by atoms with Crippen molar-refractivity contribution < 1.29 is 17.9 Å². The molecule has 1 aromatic carbocycles. The zero-order valence-corrected chi connectivity index (χ0v) is 15.8. The van der Waals surface area contributed by atoms with Gasteiger partial charge in [0.05, 0.1) is 4.90 Å². The predicted molar refractivity (Wildman–Crippen MR) is 97.0 cm³/mol. The number of ether oxygens (including phenoxy) is 1. The number of nitrogens with zero attached hydrogens (tertiary/aromatic N) is 1. The molecule has 6 nitrogen and oxygen atoms in total. The van der Waals surface area contributed by atoms with Crippen LogP contribution in [-0.2, 0) is 14.8 Å². The van der Waals surface area contributed by atoms with Crippen LogP contribution >= 0.6 is 0 Å². The highest BCUT2D eigenvalue weighted by atomic mass is 32.2. The molecule has 0 bridgehead atoms. The van der Waals surface area contributed by atoms with E-state index in [9.17, 15) is 13.2 Å². The van der Waals surface area contributed by atoms with E-state index in [4.69, 9.17) is 4.74 Å². The van der Waals surface area contributed by atoms with E-state index in [0.717, 1.165) is 19.3 Å². The van der Waals surface area contributed by atoms with Crippen molar-refractivity contribution in [2.45, 2.75) is 38.0 Å². The van der Waals surface area contributed by atoms with Crippen molar-refractivity contribution in [1.82, 2.24) is 9.62 Å². The second-order valence-electron chi connectivity index (χ2n) is 6.72. The summed E-state index contributed by atoms with van der Waals surface area (Å²) in [7, 11) is -3.50. The highest BCUT2D eigenvalue weighted by Gasteiger charge is 2.27. The normalized spacial score (nSPS) is 15.6. The number of nitrogens with one attached hydrogen (secondary N) is 1. The molecule has 0 radical (unpaired) electrons. The summed E-state index contributed by atoms with van der Waals surface area (Å²) in [6.45, 7) is 7.09. The van der Waals surface area contributed by atoms with Gasteiger partial charge in [0.2, 0.25) is 10.0 Å². The quantitative estimate of drug-likeness (QED) is 0.679. The smallest absolute Gasteiger partial charge is 0.251 e. The zero-order chi connectivity index (χ0) is 18.3. The first-order valence-electron chi connectivity index (χ1n) is 8.87. The molecule has 0 atom stereocenters. The lowest BCUT2D eigenvalue weighted by Gasteiger charge is -2.16. The topological polar surface area (TPSA) is 75.7 Å². The number of carbonyl (C=O) groups excluding carboxylic acids is 1. The van der Waals surface area contributed by atoms with Crippen molar-refractivity contribution in [2.24, 2.45) is 5.92 Å². The van der Waals surface area contributed by atoms with E-state index in [2.05, 4.69) is 19.2 Å². The molecule has 0 aliphatic carbocycles. The fraction of sp³-hybridized carbons (Fsp3) is 0.611. The van der Waals surface area contributed by atoms with Crippen LogP contribution < -0.4 is 5.32 Å². The molecule has 1 aliphatic rings. The molecule has 1 N–H and O–H groups in total. The second kappa shape index (κ2) is 9.31. The van der Waals surface area contributed by atoms with Gasteiger partial charge in [-0.15, -0.1) is 0 Å². The molecule has 0 spiro atoms. The summed E-state index contributed by atoms with van der Waals surface area (Å²) in [6, 6.07) is 6.25. The molecule has 25 heavy (non-hydrogen) atoms. The summed E-state index contributed by atoms with van der Waals surface area (Å²) in [5.41, 5.74) is 0.364. The number of sulfonamides is 1. The fourth-order valence-corrected chi connectivity index (χ4v) is 4.24. The van der Waals surface area contributed by atoms with E-state index in [1.807, 2.05) is 0 Å². The van der Waals surface area contributed by atoms with Crippen molar-refractivity contribution in [3.8, 4) is 0 Å². The number of benzene rings is 1. The minimum Gasteiger partial charge on any atom is -0.381 e. The lowest BCUT2D eigenvalue weighted by molar-refractivity contribution is 0.0925. The van der Waals surface area contributed by atoms with Gasteiger partial charge in [0.1, 0.15) is 0 Å². The van der Waals surface area contributed by atoms with Crippen molar-refractivity contribution in [2.75, 3.05) is 32.8 Å². The number of rotatable bonds is 9. The number of carbonyl (C=O) groups is 1. The van der Waals surface area contributed by atoms with Gasteiger partial charge in [0.25, 0.3) is 5.91 Å². The number of amides is 1. The third-order valence-corrected chi connectivity index (χ3v) is 5.90. The van der Waals surface area contributed by atoms with Crippen molar-refractivity contribution in [3.05, 3.63) is 29.8 Å². The van der Waals surface area contributed by atoms with Crippen molar-refractivity contribution in [3.63, 3.8) is 0 Å². The molecule has 140 valence electrons. The van der Waals surface area contributed by atoms with Crippen LogP contribution in [0.2, 0.25) is 0 Å². The van der Waals surface area contributed by atoms with E-state index < -0.39 is 10.0 Å². The third-order valence-electron chi connectivity index (χ3n) is 4.00. The average molecular weight is 368 g/mol. The van der Waals surface area contributed by atoms with Crippen molar-refractivity contribution >= 4 is 15.9 Å². The van der Waals surface area contributed by atoms with Gasteiger partial charge in [0, 0.05) is 38.4 Å². The Balaban J connectivity index is 1.88. The highest BCUT2D eigenvalue weighted by molar-refractivity contribution is 7.89. The van der Waals surface area contributed by atoms with Gasteiger partial charge >= 0.3 is 0 Å². The maximum absolute atomic E-state index is 12.6. The Morgan fingerprint density at radius 3 is 2.68 bits per heavy atom. The predicted octanol–water partition coefficient (Wildman–Crippen LogP) is 2.26. The first kappa shape index (κ1) is 19.9. The van der Waals surface area contributed by atoms with Crippen LogP contribution in [0, 0.1) is 5.92 Å². The molecule has 0 saturated carbocycles. The van der Waals surface area contributed by atoms with Crippen LogP contribution in [0.25, 0.3) is 0 Å². The maximum atomic E-state index is 12.6. The minimum atomic E-state index is -3.50. The summed E-state index contributed by atoms with van der Waals surface area (Å²) >= 11 is 0. The van der Waals surface area contributed by atoms with Crippen LogP contribution in [0.15, 0.2) is 29.2 Å². The Morgan fingerprint density at radius 2 is 2.00 bits per heavy atom. The maximum Gasteiger partial charge on any atom is 0.251 e. The molecule has 1 amide bonds. The molecule has 1 saturated heterocycles.